The van der Waals surface area contributed by atoms with Crippen LogP contribution >= 0.6 is 11.3 Å². The number of hydrogen-bond donors (Lipinski definition) is 0. The van der Waals surface area contributed by atoms with Crippen LogP contribution < -0.4 is 9.47 Å². The summed E-state index contributed by atoms with van der Waals surface area (Å²) >= 11 is 1.50. The highest BCUT2D eigenvalue weighted by Crippen LogP contribution is 2.37. The van der Waals surface area contributed by atoms with Gasteiger partial charge in [0.1, 0.15) is 11.5 Å². The Hall–Kier alpha value is -2.91. The van der Waals surface area contributed by atoms with Gasteiger partial charge in [-0.15, -0.1) is 11.3 Å². The van der Waals surface area contributed by atoms with Crippen molar-refractivity contribution in [2.24, 2.45) is 5.92 Å². The first-order chi connectivity index (χ1) is 15.8. The molecule has 4 rings (SSSR count). The Labute approximate surface area is 196 Å². The van der Waals surface area contributed by atoms with Gasteiger partial charge in [0.15, 0.2) is 23.0 Å². The van der Waals surface area contributed by atoms with Gasteiger partial charge in [0.25, 0.3) is 0 Å². The van der Waals surface area contributed by atoms with Crippen LogP contribution in [0.5, 0.6) is 11.5 Å². The van der Waals surface area contributed by atoms with Crippen molar-refractivity contribution in [2.75, 3.05) is 34.4 Å². The zero-order chi connectivity index (χ0) is 23.6. The number of methoxy groups -OCH3 is 2. The molecule has 33 heavy (non-hydrogen) atoms. The summed E-state index contributed by atoms with van der Waals surface area (Å²) in [5.41, 5.74) is 0. The maximum absolute atomic E-state index is 12.9. The van der Waals surface area contributed by atoms with E-state index in [0.717, 1.165) is 51.8 Å². The maximum Gasteiger partial charge on any atom is 0.433 e. The Morgan fingerprint density at radius 3 is 2.52 bits per heavy atom. The van der Waals surface area contributed by atoms with Gasteiger partial charge in [-0.05, 0) is 48.8 Å². The largest absolute Gasteiger partial charge is 0.493 e. The number of fused-ring (bicyclic) bond motifs is 1. The average molecular weight is 474 g/mol. The third-order valence-corrected chi connectivity index (χ3v) is 7.74. The van der Waals surface area contributed by atoms with E-state index in [-0.39, 0.29) is 11.7 Å². The number of ether oxygens (including phenoxy) is 2. The number of likely N-dealkylation sites (tertiary alicyclic amines) is 1. The summed E-state index contributed by atoms with van der Waals surface area (Å²) in [6.45, 7) is 2.58. The molecule has 0 saturated carbocycles. The van der Waals surface area contributed by atoms with E-state index >= 15 is 0 Å². The molecule has 1 aliphatic rings. The summed E-state index contributed by atoms with van der Waals surface area (Å²) in [5.74, 6) is 2.46. The quantitative estimate of drug-likeness (QED) is 0.178. The number of hydrogen-bond acceptors (Lipinski definition) is 7. The topological polar surface area (TPSA) is 91.8 Å². The molecule has 9 heteroatoms. The lowest BCUT2D eigenvalue weighted by molar-refractivity contribution is -0.929. The van der Waals surface area contributed by atoms with Crippen LogP contribution in [0.1, 0.15) is 41.1 Å². The molecule has 3 aromatic rings. The average Bonchev–Trinajstić information content (AvgIpc) is 3.44. The number of piperidine rings is 1. The fourth-order valence-corrected chi connectivity index (χ4v) is 5.62. The van der Waals surface area contributed by atoms with E-state index in [1.807, 2.05) is 18.2 Å². The molecule has 1 aliphatic heterocycles. The van der Waals surface area contributed by atoms with Gasteiger partial charge in [0.05, 0.1) is 45.3 Å². The molecule has 176 valence electrons. The first-order valence-corrected chi connectivity index (χ1v) is 11.9. The molecule has 0 N–H and O–H groups in total. The van der Waals surface area contributed by atoms with Crippen LogP contribution in [0.25, 0.3) is 10.1 Å². The molecule has 0 radical (unpaired) electrons. The first kappa shape index (κ1) is 23.3. The molecule has 0 bridgehead atoms. The second kappa shape index (κ2) is 9.52. The van der Waals surface area contributed by atoms with Crippen molar-refractivity contribution in [3.8, 4) is 11.5 Å². The number of Topliss-reactive ketones (excluding diaryl/α,β-unsaturated/α-hetero) is 1. The monoisotopic (exact) mass is 473 g/mol. The minimum atomic E-state index is -0.504. The van der Waals surface area contributed by atoms with Crippen molar-refractivity contribution in [1.82, 2.24) is 0 Å². The Bertz CT molecular complexity index is 1120. The van der Waals surface area contributed by atoms with Gasteiger partial charge in [-0.2, -0.15) is 0 Å². The van der Waals surface area contributed by atoms with E-state index in [0.29, 0.717) is 36.1 Å². The number of carbonyl (C=O) groups is 1. The minimum Gasteiger partial charge on any atom is -0.493 e. The second-order valence-electron chi connectivity index (χ2n) is 8.98. The molecule has 0 unspecified atom stereocenters. The van der Waals surface area contributed by atoms with E-state index in [9.17, 15) is 14.9 Å². The lowest BCUT2D eigenvalue weighted by Crippen LogP contribution is -2.48. The number of nitrogens with zero attached hydrogens (tertiary/aromatic N) is 2. The van der Waals surface area contributed by atoms with Crippen molar-refractivity contribution in [2.45, 2.75) is 32.2 Å². The summed E-state index contributed by atoms with van der Waals surface area (Å²) in [7, 11) is 5.37. The van der Waals surface area contributed by atoms with E-state index in [4.69, 9.17) is 13.9 Å². The molecule has 8 nitrogen and oxygen atoms in total. The van der Waals surface area contributed by atoms with Crippen LogP contribution in [-0.2, 0) is 6.54 Å². The molecule has 0 atom stereocenters. The molecule has 0 aliphatic carbocycles. The minimum absolute atomic E-state index is 0.180. The molecule has 1 fully saturated rings. The zero-order valence-corrected chi connectivity index (χ0v) is 20.0. The number of carbonyl (C=O) groups excluding carboxylic acids is 1. The van der Waals surface area contributed by atoms with Crippen LogP contribution in [-0.4, -0.2) is 49.5 Å². The lowest BCUT2D eigenvalue weighted by Gasteiger charge is -2.40. The fraction of sp³-hybridized carbons (Fsp3) is 0.458. The van der Waals surface area contributed by atoms with Crippen molar-refractivity contribution in [3.63, 3.8) is 0 Å². The normalized spacial score (nSPS) is 20.6. The maximum atomic E-state index is 12.9. The highest BCUT2D eigenvalue weighted by Gasteiger charge is 2.32. The van der Waals surface area contributed by atoms with E-state index in [2.05, 4.69) is 7.05 Å². The predicted octanol–water partition coefficient (Wildman–Crippen LogP) is 5.44. The third-order valence-electron chi connectivity index (χ3n) is 6.60. The van der Waals surface area contributed by atoms with Crippen LogP contribution in [0.4, 0.5) is 5.88 Å². The van der Waals surface area contributed by atoms with Gasteiger partial charge < -0.3 is 18.4 Å². The zero-order valence-electron chi connectivity index (χ0n) is 19.2. The van der Waals surface area contributed by atoms with Crippen molar-refractivity contribution in [1.29, 1.82) is 0 Å². The van der Waals surface area contributed by atoms with Gasteiger partial charge in [0, 0.05) is 17.2 Å². The third kappa shape index (κ3) is 5.20. The molecular formula is C24H29N2O6S+. The Morgan fingerprint density at radius 1 is 1.18 bits per heavy atom. The van der Waals surface area contributed by atoms with Gasteiger partial charge in [-0.25, -0.2) is 0 Å². The number of nitro groups is 1. The van der Waals surface area contributed by atoms with Gasteiger partial charge >= 0.3 is 5.88 Å². The van der Waals surface area contributed by atoms with Gasteiger partial charge in [-0.1, -0.05) is 0 Å². The second-order valence-corrected chi connectivity index (χ2v) is 10.1. The number of rotatable bonds is 9. The van der Waals surface area contributed by atoms with Crippen LogP contribution in [0.2, 0.25) is 0 Å². The predicted molar refractivity (Wildman–Crippen MR) is 126 cm³/mol. The van der Waals surface area contributed by atoms with Gasteiger partial charge in [0.2, 0.25) is 0 Å². The van der Waals surface area contributed by atoms with Crippen LogP contribution in [0.3, 0.4) is 0 Å². The molecule has 0 spiro atoms. The smallest absolute Gasteiger partial charge is 0.433 e. The van der Waals surface area contributed by atoms with Crippen molar-refractivity contribution in [3.05, 3.63) is 51.1 Å². The van der Waals surface area contributed by atoms with Gasteiger partial charge in [-0.3, -0.25) is 14.9 Å². The number of ketones is 1. The van der Waals surface area contributed by atoms with Crippen LogP contribution in [0, 0.1) is 16.0 Å². The van der Waals surface area contributed by atoms with Crippen molar-refractivity contribution < 1.29 is 28.1 Å². The molecule has 0 amide bonds. The molecular weight excluding hydrogens is 444 g/mol. The van der Waals surface area contributed by atoms with E-state index < -0.39 is 4.92 Å². The summed E-state index contributed by atoms with van der Waals surface area (Å²) in [6, 6.07) is 8.89. The molecule has 1 saturated heterocycles. The number of benzene rings is 1. The molecule has 3 heterocycles. The fourth-order valence-electron chi connectivity index (χ4n) is 4.58. The van der Waals surface area contributed by atoms with Crippen LogP contribution in [0.15, 0.2) is 34.7 Å². The Balaban J connectivity index is 1.31. The summed E-state index contributed by atoms with van der Waals surface area (Å²) in [6.07, 6.45) is 3.49. The summed E-state index contributed by atoms with van der Waals surface area (Å²) in [4.78, 5) is 24.0. The Kier molecular flexibility index (Phi) is 6.71. The standard InChI is InChI=1S/C24H29N2O6S/c1-26(15-18-5-7-24(32-18)25(28)29)10-8-16(9-11-26)4-6-19(27)23-13-17-12-20(30-2)21(31-3)14-22(17)33-23/h5,7,12-14,16H,4,6,8-11,15H2,1-3H3/q+1. The number of quaternary nitrogens is 1. The summed E-state index contributed by atoms with van der Waals surface area (Å²) in [5, 5.41) is 11.8. The van der Waals surface area contributed by atoms with E-state index in [1.54, 1.807) is 20.3 Å². The van der Waals surface area contributed by atoms with E-state index in [1.165, 1.54) is 17.4 Å². The Morgan fingerprint density at radius 2 is 1.88 bits per heavy atom. The highest BCUT2D eigenvalue weighted by atomic mass is 32.1. The first-order valence-electron chi connectivity index (χ1n) is 11.1. The number of thiophene rings is 1. The highest BCUT2D eigenvalue weighted by molar-refractivity contribution is 7.20. The SMILES string of the molecule is COc1cc2cc(C(=O)CCC3CC[N+](C)(Cc4ccc([N+](=O)[O-])o4)CC3)sc2cc1OC. The summed E-state index contributed by atoms with van der Waals surface area (Å²) < 4.78 is 17.9. The number of furan rings is 1. The lowest BCUT2D eigenvalue weighted by atomic mass is 9.90. The van der Waals surface area contributed by atoms with Crippen molar-refractivity contribution >= 4 is 33.1 Å². The molecule has 1 aromatic carbocycles. The molecule has 2 aromatic heterocycles.